The fraction of sp³-hybridized carbons (Fsp3) is 0.600. The zero-order chi connectivity index (χ0) is 13.1. The van der Waals surface area contributed by atoms with Gasteiger partial charge in [-0.3, -0.25) is 0 Å². The topological polar surface area (TPSA) is 49.8 Å². The Balaban J connectivity index is 2.71. The van der Waals surface area contributed by atoms with Gasteiger partial charge < -0.3 is 10.6 Å². The van der Waals surface area contributed by atoms with Crippen LogP contribution in [-0.2, 0) is 0 Å². The molecule has 1 heterocycles. The van der Waals surface area contributed by atoms with E-state index in [0.717, 1.165) is 0 Å². The Morgan fingerprint density at radius 3 is 2.41 bits per heavy atom. The van der Waals surface area contributed by atoms with Crippen molar-refractivity contribution in [2.75, 3.05) is 17.7 Å². The van der Waals surface area contributed by atoms with E-state index in [1.165, 1.54) is 6.92 Å². The number of hydrogen-bond acceptors (Lipinski definition) is 4. The number of halogens is 3. The molecule has 1 unspecified atom stereocenters. The third-order valence-corrected chi connectivity index (χ3v) is 2.03. The Kier molecular flexibility index (Phi) is 4.14. The van der Waals surface area contributed by atoms with Crippen LogP contribution in [0.2, 0.25) is 0 Å². The molecule has 0 saturated carbocycles. The van der Waals surface area contributed by atoms with E-state index in [-0.39, 0.29) is 0 Å². The summed E-state index contributed by atoms with van der Waals surface area (Å²) in [6.45, 7) is 3.14. The Bertz CT molecular complexity index is 378. The lowest BCUT2D eigenvalue weighted by molar-refractivity contribution is -0.136. The van der Waals surface area contributed by atoms with Crippen molar-refractivity contribution in [2.45, 2.75) is 32.5 Å². The molecule has 0 aliphatic rings. The van der Waals surface area contributed by atoms with Crippen molar-refractivity contribution in [3.63, 3.8) is 0 Å². The number of hydrogen-bond donors (Lipinski definition) is 2. The summed E-state index contributed by atoms with van der Waals surface area (Å²) >= 11 is 0. The van der Waals surface area contributed by atoms with Crippen molar-refractivity contribution in [1.29, 1.82) is 0 Å². The van der Waals surface area contributed by atoms with Crippen molar-refractivity contribution in [3.05, 3.63) is 11.9 Å². The zero-order valence-electron chi connectivity index (χ0n) is 9.89. The first-order valence-corrected chi connectivity index (χ1v) is 5.17. The summed E-state index contributed by atoms with van der Waals surface area (Å²) in [6, 6.07) is 0.842. The highest BCUT2D eigenvalue weighted by molar-refractivity contribution is 5.47. The molecule has 1 aromatic heterocycles. The number of anilines is 2. The highest BCUT2D eigenvalue weighted by Crippen LogP contribution is 2.23. The minimum Gasteiger partial charge on any atom is -0.373 e. The third kappa shape index (κ3) is 4.88. The van der Waals surface area contributed by atoms with Crippen LogP contribution in [-0.4, -0.2) is 29.2 Å². The number of alkyl halides is 3. The monoisotopic (exact) mass is 248 g/mol. The van der Waals surface area contributed by atoms with Gasteiger partial charge in [0.05, 0.1) is 6.42 Å². The summed E-state index contributed by atoms with van der Waals surface area (Å²) in [5.41, 5.74) is 0. The van der Waals surface area contributed by atoms with Crippen LogP contribution in [0.1, 0.15) is 19.2 Å². The van der Waals surface area contributed by atoms with Crippen LogP contribution in [0.5, 0.6) is 0 Å². The van der Waals surface area contributed by atoms with Crippen molar-refractivity contribution >= 4 is 11.6 Å². The minimum atomic E-state index is -4.18. The average Bonchev–Trinajstić information content (AvgIpc) is 2.13. The summed E-state index contributed by atoms with van der Waals surface area (Å²) < 4.78 is 36.4. The van der Waals surface area contributed by atoms with E-state index in [2.05, 4.69) is 20.6 Å². The lowest BCUT2D eigenvalue weighted by atomic mass is 10.2. The van der Waals surface area contributed by atoms with E-state index in [1.54, 1.807) is 20.0 Å². The van der Waals surface area contributed by atoms with E-state index < -0.39 is 18.6 Å². The molecule has 0 bridgehead atoms. The normalized spacial score (nSPS) is 13.3. The first kappa shape index (κ1) is 13.5. The number of rotatable bonds is 4. The van der Waals surface area contributed by atoms with Crippen LogP contribution in [0, 0.1) is 6.92 Å². The molecule has 96 valence electrons. The van der Waals surface area contributed by atoms with Gasteiger partial charge in [-0.15, -0.1) is 0 Å². The molecule has 0 aliphatic carbocycles. The molecule has 0 spiro atoms. The SMILES string of the molecule is CNc1cc(NC(C)CC(F)(F)F)nc(C)n1. The lowest BCUT2D eigenvalue weighted by Gasteiger charge is -2.16. The Morgan fingerprint density at radius 1 is 1.29 bits per heavy atom. The van der Waals surface area contributed by atoms with Gasteiger partial charge in [0.1, 0.15) is 17.5 Å². The van der Waals surface area contributed by atoms with E-state index in [0.29, 0.717) is 17.5 Å². The molecule has 0 radical (unpaired) electrons. The predicted octanol–water partition coefficient (Wildman–Crippen LogP) is 2.58. The molecule has 0 saturated heterocycles. The van der Waals surface area contributed by atoms with Crippen LogP contribution >= 0.6 is 0 Å². The van der Waals surface area contributed by atoms with Gasteiger partial charge in [0.15, 0.2) is 0 Å². The molecule has 4 nitrogen and oxygen atoms in total. The molecule has 1 atom stereocenters. The largest absolute Gasteiger partial charge is 0.391 e. The fourth-order valence-corrected chi connectivity index (χ4v) is 1.42. The molecule has 0 aromatic carbocycles. The summed E-state index contributed by atoms with van der Waals surface area (Å²) in [4.78, 5) is 8.07. The number of nitrogens with zero attached hydrogens (tertiary/aromatic N) is 2. The van der Waals surface area contributed by atoms with E-state index in [9.17, 15) is 13.2 Å². The van der Waals surface area contributed by atoms with E-state index >= 15 is 0 Å². The van der Waals surface area contributed by atoms with Gasteiger partial charge in [0, 0.05) is 19.2 Å². The van der Waals surface area contributed by atoms with Gasteiger partial charge >= 0.3 is 6.18 Å². The summed E-state index contributed by atoms with van der Waals surface area (Å²) in [5, 5.41) is 5.52. The number of aromatic nitrogens is 2. The van der Waals surface area contributed by atoms with Gasteiger partial charge in [0.2, 0.25) is 0 Å². The fourth-order valence-electron chi connectivity index (χ4n) is 1.42. The van der Waals surface area contributed by atoms with Gasteiger partial charge in [0.25, 0.3) is 0 Å². The zero-order valence-corrected chi connectivity index (χ0v) is 9.89. The maximum atomic E-state index is 12.1. The maximum absolute atomic E-state index is 12.1. The Labute approximate surface area is 97.7 Å². The Morgan fingerprint density at radius 2 is 1.88 bits per heavy atom. The minimum absolute atomic E-state index is 0.388. The first-order chi connectivity index (χ1) is 7.80. The average molecular weight is 248 g/mol. The standard InChI is InChI=1S/C10H15F3N4/c1-6(5-10(11,12)13)15-9-4-8(14-3)16-7(2)17-9/h4,6H,5H2,1-3H3,(H2,14,15,16,17). The first-order valence-electron chi connectivity index (χ1n) is 5.17. The van der Waals surface area contributed by atoms with Crippen LogP contribution < -0.4 is 10.6 Å². The second-order valence-electron chi connectivity index (χ2n) is 3.80. The highest BCUT2D eigenvalue weighted by Gasteiger charge is 2.30. The second kappa shape index (κ2) is 5.20. The van der Waals surface area contributed by atoms with E-state index in [4.69, 9.17) is 0 Å². The predicted molar refractivity (Wildman–Crippen MR) is 60.1 cm³/mol. The van der Waals surface area contributed by atoms with Crippen molar-refractivity contribution in [1.82, 2.24) is 9.97 Å². The molecular formula is C10H15F3N4. The second-order valence-corrected chi connectivity index (χ2v) is 3.80. The van der Waals surface area contributed by atoms with Crippen LogP contribution in [0.4, 0.5) is 24.8 Å². The molecule has 2 N–H and O–H groups in total. The van der Waals surface area contributed by atoms with Crippen molar-refractivity contribution < 1.29 is 13.2 Å². The van der Waals surface area contributed by atoms with Gasteiger partial charge in [-0.1, -0.05) is 0 Å². The van der Waals surface area contributed by atoms with Crippen molar-refractivity contribution in [2.24, 2.45) is 0 Å². The van der Waals surface area contributed by atoms with Gasteiger partial charge in [-0.25, -0.2) is 9.97 Å². The van der Waals surface area contributed by atoms with Crippen LogP contribution in [0.15, 0.2) is 6.07 Å². The number of aryl methyl sites for hydroxylation is 1. The molecule has 0 amide bonds. The van der Waals surface area contributed by atoms with E-state index in [1.807, 2.05) is 0 Å². The summed E-state index contributed by atoms with van der Waals surface area (Å²) in [7, 11) is 1.69. The molecule has 1 aromatic rings. The van der Waals surface area contributed by atoms with Crippen molar-refractivity contribution in [3.8, 4) is 0 Å². The molecule has 0 aliphatic heterocycles. The molecule has 7 heteroatoms. The molecule has 1 rings (SSSR count). The summed E-state index contributed by atoms with van der Waals surface area (Å²) in [6.07, 6.45) is -5.08. The summed E-state index contributed by atoms with van der Waals surface area (Å²) in [5.74, 6) is 1.45. The highest BCUT2D eigenvalue weighted by atomic mass is 19.4. The lowest BCUT2D eigenvalue weighted by Crippen LogP contribution is -2.24. The quantitative estimate of drug-likeness (QED) is 0.859. The van der Waals surface area contributed by atoms with Crippen LogP contribution in [0.3, 0.4) is 0 Å². The molecule has 17 heavy (non-hydrogen) atoms. The number of nitrogens with one attached hydrogen (secondary N) is 2. The van der Waals surface area contributed by atoms with Gasteiger partial charge in [-0.05, 0) is 13.8 Å². The van der Waals surface area contributed by atoms with Gasteiger partial charge in [-0.2, -0.15) is 13.2 Å². The smallest absolute Gasteiger partial charge is 0.373 e. The molecule has 0 fully saturated rings. The third-order valence-electron chi connectivity index (χ3n) is 2.03. The maximum Gasteiger partial charge on any atom is 0.391 e. The van der Waals surface area contributed by atoms with Crippen LogP contribution in [0.25, 0.3) is 0 Å². The Hall–Kier alpha value is -1.53. The molecular weight excluding hydrogens is 233 g/mol.